The lowest BCUT2D eigenvalue weighted by Crippen LogP contribution is -2.21. The lowest BCUT2D eigenvalue weighted by Gasteiger charge is -2.18. The van der Waals surface area contributed by atoms with E-state index < -0.39 is 0 Å². The van der Waals surface area contributed by atoms with Crippen LogP contribution in [0, 0.1) is 6.92 Å². The van der Waals surface area contributed by atoms with Gasteiger partial charge in [-0.3, -0.25) is 0 Å². The summed E-state index contributed by atoms with van der Waals surface area (Å²) >= 11 is 17.5. The molecule has 0 bridgehead atoms. The van der Waals surface area contributed by atoms with Gasteiger partial charge in [-0.2, -0.15) is 0 Å². The molecule has 2 rings (SSSR count). The molecule has 2 N–H and O–H groups in total. The minimum Gasteiger partial charge on any atom is -0.332 e. The van der Waals surface area contributed by atoms with Gasteiger partial charge in [0.05, 0.1) is 10.7 Å². The zero-order chi connectivity index (χ0) is 16.3. The Balaban J connectivity index is 2.21. The van der Waals surface area contributed by atoms with Crippen molar-refractivity contribution in [1.82, 2.24) is 0 Å². The van der Waals surface area contributed by atoms with E-state index in [1.165, 1.54) is 5.56 Å². The monoisotopic (exact) mass is 352 g/mol. The van der Waals surface area contributed by atoms with Crippen LogP contribution < -0.4 is 10.6 Å². The molecule has 2 aromatic rings. The van der Waals surface area contributed by atoms with Crippen LogP contribution in [0.4, 0.5) is 11.4 Å². The average Bonchev–Trinajstić information content (AvgIpc) is 2.44. The van der Waals surface area contributed by atoms with Crippen LogP contribution in [0.25, 0.3) is 0 Å². The van der Waals surface area contributed by atoms with Crippen molar-refractivity contribution in [2.75, 3.05) is 10.6 Å². The molecule has 2 nitrogen and oxygen atoms in total. The fourth-order valence-electron chi connectivity index (χ4n) is 2.20. The number of para-hydroxylation sites is 1. The highest BCUT2D eigenvalue weighted by molar-refractivity contribution is 7.80. The van der Waals surface area contributed by atoms with Crippen molar-refractivity contribution in [2.24, 2.45) is 0 Å². The predicted molar refractivity (Wildman–Crippen MR) is 102 cm³/mol. The van der Waals surface area contributed by atoms with E-state index in [-0.39, 0.29) is 0 Å². The van der Waals surface area contributed by atoms with Crippen LogP contribution in [-0.4, -0.2) is 5.11 Å². The SMILES string of the molecule is Cc1cccc(C(C)C)c1NC(=S)Nc1cc(Cl)ccc1Cl. The molecule has 0 amide bonds. The number of halogens is 2. The first-order chi connectivity index (χ1) is 10.4. The third-order valence-corrected chi connectivity index (χ3v) is 4.11. The molecule has 22 heavy (non-hydrogen) atoms. The average molecular weight is 353 g/mol. The minimum absolute atomic E-state index is 0.403. The van der Waals surface area contributed by atoms with Crippen molar-refractivity contribution in [3.8, 4) is 0 Å². The highest BCUT2D eigenvalue weighted by Gasteiger charge is 2.11. The Morgan fingerprint density at radius 3 is 2.50 bits per heavy atom. The maximum absolute atomic E-state index is 6.15. The second kappa shape index (κ2) is 7.32. The largest absolute Gasteiger partial charge is 0.332 e. The third kappa shape index (κ3) is 4.13. The Morgan fingerprint density at radius 2 is 1.82 bits per heavy atom. The van der Waals surface area contributed by atoms with E-state index in [9.17, 15) is 0 Å². The van der Waals surface area contributed by atoms with E-state index >= 15 is 0 Å². The Kier molecular flexibility index (Phi) is 5.68. The smallest absolute Gasteiger partial charge is 0.175 e. The Labute approximate surface area is 146 Å². The van der Waals surface area contributed by atoms with Gasteiger partial charge in [0.1, 0.15) is 0 Å². The molecule has 0 radical (unpaired) electrons. The number of hydrogen-bond donors (Lipinski definition) is 2. The molecule has 0 heterocycles. The standard InChI is InChI=1S/C17H18Cl2N2S/c1-10(2)13-6-4-5-11(3)16(13)21-17(22)20-15-9-12(18)7-8-14(15)19/h4-10H,1-3H3,(H2,20,21,22). The summed E-state index contributed by atoms with van der Waals surface area (Å²) in [7, 11) is 0. The van der Waals surface area contributed by atoms with Crippen LogP contribution in [-0.2, 0) is 0 Å². The second-order valence-electron chi connectivity index (χ2n) is 5.40. The number of nitrogens with one attached hydrogen (secondary N) is 2. The summed E-state index contributed by atoms with van der Waals surface area (Å²) in [5.74, 6) is 0.403. The first-order valence-corrected chi connectivity index (χ1v) is 8.17. The number of thiocarbonyl (C=S) groups is 1. The lowest BCUT2D eigenvalue weighted by molar-refractivity contribution is 0.868. The van der Waals surface area contributed by atoms with Gasteiger partial charge < -0.3 is 10.6 Å². The van der Waals surface area contributed by atoms with E-state index in [0.29, 0.717) is 26.8 Å². The summed E-state index contributed by atoms with van der Waals surface area (Å²) in [6, 6.07) is 11.4. The van der Waals surface area contributed by atoms with Crippen molar-refractivity contribution < 1.29 is 0 Å². The zero-order valence-corrected chi connectivity index (χ0v) is 15.0. The number of rotatable bonds is 3. The van der Waals surface area contributed by atoms with Crippen molar-refractivity contribution in [3.05, 3.63) is 57.6 Å². The number of aryl methyl sites for hydroxylation is 1. The molecular weight excluding hydrogens is 335 g/mol. The van der Waals surface area contributed by atoms with Gasteiger partial charge in [-0.15, -0.1) is 0 Å². The molecule has 5 heteroatoms. The van der Waals surface area contributed by atoms with E-state index in [1.807, 2.05) is 0 Å². The van der Waals surface area contributed by atoms with Crippen LogP contribution in [0.1, 0.15) is 30.9 Å². The lowest BCUT2D eigenvalue weighted by atomic mass is 9.98. The predicted octanol–water partition coefficient (Wildman–Crippen LogP) is 6.23. The molecule has 0 atom stereocenters. The molecule has 0 unspecified atom stereocenters. The van der Waals surface area contributed by atoms with Crippen LogP contribution in [0.15, 0.2) is 36.4 Å². The summed E-state index contributed by atoms with van der Waals surface area (Å²) in [6.07, 6.45) is 0. The maximum Gasteiger partial charge on any atom is 0.175 e. The Morgan fingerprint density at radius 1 is 1.09 bits per heavy atom. The van der Waals surface area contributed by atoms with E-state index in [4.69, 9.17) is 35.4 Å². The summed E-state index contributed by atoms with van der Waals surface area (Å²) in [6.45, 7) is 6.37. The molecule has 0 saturated carbocycles. The third-order valence-electron chi connectivity index (χ3n) is 3.34. The summed E-state index contributed by atoms with van der Waals surface area (Å²) in [5.41, 5.74) is 4.09. The van der Waals surface area contributed by atoms with E-state index in [0.717, 1.165) is 11.3 Å². The van der Waals surface area contributed by atoms with Gasteiger partial charge in [-0.25, -0.2) is 0 Å². The van der Waals surface area contributed by atoms with Gasteiger partial charge in [-0.1, -0.05) is 55.2 Å². The van der Waals surface area contributed by atoms with Gasteiger partial charge in [0, 0.05) is 10.7 Å². The first kappa shape index (κ1) is 17.1. The van der Waals surface area contributed by atoms with Gasteiger partial charge in [0.15, 0.2) is 5.11 Å². The molecule has 0 spiro atoms. The van der Waals surface area contributed by atoms with Gasteiger partial charge in [0.25, 0.3) is 0 Å². The molecule has 0 aliphatic heterocycles. The Hall–Kier alpha value is -1.29. The summed E-state index contributed by atoms with van der Waals surface area (Å²) in [4.78, 5) is 0. The van der Waals surface area contributed by atoms with Crippen molar-refractivity contribution in [1.29, 1.82) is 0 Å². The van der Waals surface area contributed by atoms with Gasteiger partial charge >= 0.3 is 0 Å². The minimum atomic E-state index is 0.403. The highest BCUT2D eigenvalue weighted by atomic mass is 35.5. The zero-order valence-electron chi connectivity index (χ0n) is 12.7. The highest BCUT2D eigenvalue weighted by Crippen LogP contribution is 2.29. The van der Waals surface area contributed by atoms with Gasteiger partial charge in [-0.05, 0) is 54.4 Å². The van der Waals surface area contributed by atoms with Crippen molar-refractivity contribution in [2.45, 2.75) is 26.7 Å². The van der Waals surface area contributed by atoms with Crippen LogP contribution >= 0.6 is 35.4 Å². The molecule has 2 aromatic carbocycles. The number of benzene rings is 2. The summed E-state index contributed by atoms with van der Waals surface area (Å²) in [5, 5.41) is 8.03. The van der Waals surface area contributed by atoms with Gasteiger partial charge in [0.2, 0.25) is 0 Å². The molecule has 0 aliphatic carbocycles. The number of anilines is 2. The summed E-state index contributed by atoms with van der Waals surface area (Å²) < 4.78 is 0. The molecule has 0 aromatic heterocycles. The van der Waals surface area contributed by atoms with Crippen molar-refractivity contribution >= 4 is 51.9 Å². The molecular formula is C17H18Cl2N2S. The normalized spacial score (nSPS) is 10.6. The number of hydrogen-bond acceptors (Lipinski definition) is 1. The van der Waals surface area contributed by atoms with Crippen LogP contribution in [0.3, 0.4) is 0 Å². The fourth-order valence-corrected chi connectivity index (χ4v) is 2.75. The topological polar surface area (TPSA) is 24.1 Å². The quantitative estimate of drug-likeness (QED) is 0.639. The molecule has 0 fully saturated rings. The van der Waals surface area contributed by atoms with E-state index in [2.05, 4.69) is 49.6 Å². The van der Waals surface area contributed by atoms with E-state index in [1.54, 1.807) is 18.2 Å². The van der Waals surface area contributed by atoms with Crippen molar-refractivity contribution in [3.63, 3.8) is 0 Å². The molecule has 0 saturated heterocycles. The van der Waals surface area contributed by atoms with Crippen LogP contribution in [0.5, 0.6) is 0 Å². The van der Waals surface area contributed by atoms with Crippen LogP contribution in [0.2, 0.25) is 10.0 Å². The fraction of sp³-hybridized carbons (Fsp3) is 0.235. The molecule has 116 valence electrons. The first-order valence-electron chi connectivity index (χ1n) is 7.01. The molecule has 0 aliphatic rings. The maximum atomic E-state index is 6.15. The second-order valence-corrected chi connectivity index (χ2v) is 6.65. The Bertz CT molecular complexity index is 699.